The van der Waals surface area contributed by atoms with Crippen molar-refractivity contribution in [1.82, 2.24) is 19.9 Å². The highest BCUT2D eigenvalue weighted by molar-refractivity contribution is 5.68. The molecule has 0 aromatic carbocycles. The summed E-state index contributed by atoms with van der Waals surface area (Å²) in [5, 5.41) is 28.8. The van der Waals surface area contributed by atoms with Gasteiger partial charge in [-0.3, -0.25) is 0 Å². The number of rotatable bonds is 1. The smallest absolute Gasteiger partial charge is 0.180 e. The van der Waals surface area contributed by atoms with Crippen LogP contribution in [-0.4, -0.2) is 60.2 Å². The first-order valence-corrected chi connectivity index (χ1v) is 5.48. The molecule has 3 heterocycles. The Balaban J connectivity index is 1.94. The van der Waals surface area contributed by atoms with Crippen LogP contribution in [0.1, 0.15) is 11.9 Å². The SMILES string of the molecule is O[C@@H]1[C@H](O)[C@@H](c2nc3ncncc3[nH]2)OC[C@@H]1O. The summed E-state index contributed by atoms with van der Waals surface area (Å²) in [6, 6.07) is 0. The second-order valence-electron chi connectivity index (χ2n) is 4.18. The Morgan fingerprint density at radius 1 is 1.28 bits per heavy atom. The summed E-state index contributed by atoms with van der Waals surface area (Å²) in [4.78, 5) is 14.9. The molecule has 3 rings (SSSR count). The van der Waals surface area contributed by atoms with Gasteiger partial charge in [-0.1, -0.05) is 0 Å². The van der Waals surface area contributed by atoms with Gasteiger partial charge in [0.15, 0.2) is 5.65 Å². The number of hydrogen-bond donors (Lipinski definition) is 4. The quantitative estimate of drug-likeness (QED) is 0.487. The van der Waals surface area contributed by atoms with E-state index in [0.717, 1.165) is 0 Å². The second kappa shape index (κ2) is 4.25. The molecule has 0 saturated carbocycles. The lowest BCUT2D eigenvalue weighted by atomic mass is 10.00. The molecular formula is C10H12N4O4. The molecule has 2 aromatic heterocycles. The van der Waals surface area contributed by atoms with Gasteiger partial charge in [-0.2, -0.15) is 0 Å². The number of fused-ring (bicyclic) bond motifs is 1. The van der Waals surface area contributed by atoms with Crippen molar-refractivity contribution in [1.29, 1.82) is 0 Å². The predicted octanol–water partition coefficient (Wildman–Crippen LogP) is -1.49. The van der Waals surface area contributed by atoms with E-state index in [4.69, 9.17) is 4.74 Å². The van der Waals surface area contributed by atoms with E-state index in [1.54, 1.807) is 6.20 Å². The molecule has 1 saturated heterocycles. The molecule has 0 unspecified atom stereocenters. The van der Waals surface area contributed by atoms with Gasteiger partial charge in [-0.05, 0) is 0 Å². The number of aromatic nitrogens is 4. The number of H-pyrrole nitrogens is 1. The summed E-state index contributed by atoms with van der Waals surface area (Å²) >= 11 is 0. The van der Waals surface area contributed by atoms with Crippen LogP contribution in [0.5, 0.6) is 0 Å². The lowest BCUT2D eigenvalue weighted by molar-refractivity contribution is -0.191. The van der Waals surface area contributed by atoms with Crippen LogP contribution in [0.3, 0.4) is 0 Å². The van der Waals surface area contributed by atoms with Gasteiger partial charge in [-0.25, -0.2) is 15.0 Å². The number of imidazole rings is 1. The van der Waals surface area contributed by atoms with E-state index in [0.29, 0.717) is 17.0 Å². The summed E-state index contributed by atoms with van der Waals surface area (Å²) in [6.07, 6.45) is -1.51. The number of nitrogens with one attached hydrogen (secondary N) is 1. The molecule has 8 heteroatoms. The molecule has 4 atom stereocenters. The fourth-order valence-corrected chi connectivity index (χ4v) is 1.96. The summed E-state index contributed by atoms with van der Waals surface area (Å²) in [7, 11) is 0. The highest BCUT2D eigenvalue weighted by Crippen LogP contribution is 2.27. The van der Waals surface area contributed by atoms with Gasteiger partial charge in [0, 0.05) is 0 Å². The van der Waals surface area contributed by atoms with E-state index in [9.17, 15) is 15.3 Å². The van der Waals surface area contributed by atoms with E-state index < -0.39 is 24.4 Å². The lowest BCUT2D eigenvalue weighted by Crippen LogP contribution is -2.49. The van der Waals surface area contributed by atoms with Crippen LogP contribution in [0, 0.1) is 0 Å². The standard InChI is InChI=1S/C10H12N4O4/c15-5-2-18-8(7(17)6(5)16)10-13-4-1-11-3-12-9(4)14-10/h1,3,5-8,15-17H,2H2,(H,11,12,13,14)/t5-,6-,7-,8-/m0/s1. The minimum absolute atomic E-state index is 0.0639. The lowest BCUT2D eigenvalue weighted by Gasteiger charge is -2.34. The first-order chi connectivity index (χ1) is 8.66. The monoisotopic (exact) mass is 252 g/mol. The molecule has 0 amide bonds. The fraction of sp³-hybridized carbons (Fsp3) is 0.500. The third-order valence-corrected chi connectivity index (χ3v) is 2.95. The topological polar surface area (TPSA) is 124 Å². The van der Waals surface area contributed by atoms with E-state index in [2.05, 4.69) is 19.9 Å². The normalized spacial score (nSPS) is 32.8. The van der Waals surface area contributed by atoms with Crippen molar-refractivity contribution in [3.8, 4) is 0 Å². The zero-order valence-corrected chi connectivity index (χ0v) is 9.26. The van der Waals surface area contributed by atoms with Crippen LogP contribution < -0.4 is 0 Å². The maximum Gasteiger partial charge on any atom is 0.180 e. The van der Waals surface area contributed by atoms with Gasteiger partial charge in [0.25, 0.3) is 0 Å². The van der Waals surface area contributed by atoms with E-state index in [1.807, 2.05) is 0 Å². The maximum absolute atomic E-state index is 9.86. The van der Waals surface area contributed by atoms with Gasteiger partial charge in [0.1, 0.15) is 42.1 Å². The first-order valence-electron chi connectivity index (χ1n) is 5.48. The third kappa shape index (κ3) is 1.75. The summed E-state index contributed by atoms with van der Waals surface area (Å²) in [6.45, 7) is -0.0639. The van der Waals surface area contributed by atoms with Crippen molar-refractivity contribution < 1.29 is 20.1 Å². The number of aromatic amines is 1. The Hall–Kier alpha value is -1.61. The molecule has 0 radical (unpaired) electrons. The highest BCUT2D eigenvalue weighted by atomic mass is 16.5. The van der Waals surface area contributed by atoms with Crippen molar-refractivity contribution in [2.75, 3.05) is 6.61 Å². The van der Waals surface area contributed by atoms with Crippen molar-refractivity contribution >= 4 is 11.2 Å². The average molecular weight is 252 g/mol. The molecule has 4 N–H and O–H groups in total. The zero-order valence-electron chi connectivity index (χ0n) is 9.26. The van der Waals surface area contributed by atoms with Crippen LogP contribution in [0.15, 0.2) is 12.5 Å². The van der Waals surface area contributed by atoms with E-state index >= 15 is 0 Å². The Morgan fingerprint density at radius 2 is 2.11 bits per heavy atom. The Kier molecular flexibility index (Phi) is 2.71. The number of nitrogens with zero attached hydrogens (tertiary/aromatic N) is 3. The van der Waals surface area contributed by atoms with Crippen LogP contribution in [-0.2, 0) is 4.74 Å². The first kappa shape index (κ1) is 11.5. The molecule has 1 aliphatic heterocycles. The van der Waals surface area contributed by atoms with Crippen LogP contribution >= 0.6 is 0 Å². The molecule has 0 spiro atoms. The van der Waals surface area contributed by atoms with Crippen molar-refractivity contribution in [2.45, 2.75) is 24.4 Å². The largest absolute Gasteiger partial charge is 0.388 e. The number of aliphatic hydroxyl groups excluding tert-OH is 3. The van der Waals surface area contributed by atoms with E-state index in [1.165, 1.54) is 6.33 Å². The molecule has 96 valence electrons. The number of aliphatic hydroxyl groups is 3. The number of ether oxygens (including phenoxy) is 1. The molecule has 0 aliphatic carbocycles. The van der Waals surface area contributed by atoms with Gasteiger partial charge < -0.3 is 25.0 Å². The average Bonchev–Trinajstić information content (AvgIpc) is 2.79. The fourth-order valence-electron chi connectivity index (χ4n) is 1.96. The molecule has 1 fully saturated rings. The predicted molar refractivity (Wildman–Crippen MR) is 58.4 cm³/mol. The molecule has 8 nitrogen and oxygen atoms in total. The van der Waals surface area contributed by atoms with Crippen LogP contribution in [0.2, 0.25) is 0 Å². The van der Waals surface area contributed by atoms with Crippen LogP contribution in [0.4, 0.5) is 0 Å². The highest BCUT2D eigenvalue weighted by Gasteiger charge is 2.39. The minimum atomic E-state index is -1.26. The van der Waals surface area contributed by atoms with Crippen molar-refractivity contribution in [3.05, 3.63) is 18.3 Å². The Bertz CT molecular complexity index is 527. The zero-order chi connectivity index (χ0) is 12.7. The van der Waals surface area contributed by atoms with Crippen LogP contribution in [0.25, 0.3) is 11.2 Å². The number of hydrogen-bond acceptors (Lipinski definition) is 7. The van der Waals surface area contributed by atoms with Crippen molar-refractivity contribution in [2.24, 2.45) is 0 Å². The third-order valence-electron chi connectivity index (χ3n) is 2.95. The molecule has 2 aromatic rings. The van der Waals surface area contributed by atoms with Gasteiger partial charge in [0.2, 0.25) is 0 Å². The maximum atomic E-state index is 9.86. The van der Waals surface area contributed by atoms with Gasteiger partial charge in [0.05, 0.1) is 12.8 Å². The second-order valence-corrected chi connectivity index (χ2v) is 4.18. The van der Waals surface area contributed by atoms with Gasteiger partial charge in [-0.15, -0.1) is 0 Å². The summed E-state index contributed by atoms with van der Waals surface area (Å²) < 4.78 is 5.29. The minimum Gasteiger partial charge on any atom is -0.388 e. The Morgan fingerprint density at radius 3 is 2.89 bits per heavy atom. The summed E-state index contributed by atoms with van der Waals surface area (Å²) in [5.74, 6) is 0.351. The van der Waals surface area contributed by atoms with E-state index in [-0.39, 0.29) is 6.61 Å². The van der Waals surface area contributed by atoms with Gasteiger partial charge >= 0.3 is 0 Å². The van der Waals surface area contributed by atoms with Crippen molar-refractivity contribution in [3.63, 3.8) is 0 Å². The molecule has 0 bridgehead atoms. The summed E-state index contributed by atoms with van der Waals surface area (Å²) in [5.41, 5.74) is 1.07. The Labute approximate surface area is 101 Å². The molecular weight excluding hydrogens is 240 g/mol. The molecule has 1 aliphatic rings. The molecule has 18 heavy (non-hydrogen) atoms.